The maximum Gasteiger partial charge on any atom is 0.258 e. The van der Waals surface area contributed by atoms with E-state index >= 15 is 0 Å². The standard InChI is InChI=1S/C29H38ClIO3Si/c1-23(31)22-24(30)17-18-26(33)20-19-25(32)12-10-11-21-29(2,3)35(34,27-13-6-4-7-14-27)28-15-8-5-9-16-28/h4-9,13-16,19-20,24-25,32,34H,1,10-12,17-18,21-22H2,2-3H3/b20-19+/t24-,25?/m1/s1. The van der Waals surface area contributed by atoms with Crippen LogP contribution in [0.1, 0.15) is 58.8 Å². The number of ketones is 1. The first kappa shape index (κ1) is 30.0. The van der Waals surface area contributed by atoms with Gasteiger partial charge in [0.2, 0.25) is 0 Å². The van der Waals surface area contributed by atoms with E-state index in [-0.39, 0.29) is 16.2 Å². The summed E-state index contributed by atoms with van der Waals surface area (Å²) in [7, 11) is -3.00. The van der Waals surface area contributed by atoms with Crippen LogP contribution in [0.5, 0.6) is 0 Å². The van der Waals surface area contributed by atoms with E-state index in [0.717, 1.165) is 33.2 Å². The van der Waals surface area contributed by atoms with E-state index in [1.165, 1.54) is 6.08 Å². The maximum absolute atomic E-state index is 12.2. The average Bonchev–Trinajstić information content (AvgIpc) is 2.84. The Balaban J connectivity index is 1.90. The first-order valence-electron chi connectivity index (χ1n) is 12.3. The first-order valence-corrected chi connectivity index (χ1v) is 15.7. The zero-order valence-corrected chi connectivity index (χ0v) is 24.7. The van der Waals surface area contributed by atoms with Crippen molar-refractivity contribution in [3.63, 3.8) is 0 Å². The van der Waals surface area contributed by atoms with Crippen LogP contribution in [0, 0.1) is 0 Å². The predicted octanol–water partition coefficient (Wildman–Crippen LogP) is 6.29. The molecule has 0 aliphatic rings. The molecule has 3 nitrogen and oxygen atoms in total. The minimum Gasteiger partial charge on any atom is -0.424 e. The lowest BCUT2D eigenvalue weighted by atomic mass is 10.0. The number of hydrogen-bond donors (Lipinski definition) is 2. The SMILES string of the molecule is C=C(I)C[C@H](Cl)CCC(=O)/C=C/C(O)CCCCC(C)(C)[Si](O)(c1ccccc1)c1ccccc1. The summed E-state index contributed by atoms with van der Waals surface area (Å²) in [5.41, 5.74) is 0. The highest BCUT2D eigenvalue weighted by Crippen LogP contribution is 2.40. The Labute approximate surface area is 230 Å². The molecule has 2 rings (SSSR count). The molecule has 0 saturated carbocycles. The first-order chi connectivity index (χ1) is 16.6. The molecule has 0 amide bonds. The maximum atomic E-state index is 12.2. The molecule has 190 valence electrons. The van der Waals surface area contributed by atoms with E-state index < -0.39 is 14.4 Å². The van der Waals surface area contributed by atoms with Crippen LogP contribution in [0.4, 0.5) is 0 Å². The molecule has 1 unspecified atom stereocenters. The molecular weight excluding hydrogens is 587 g/mol. The van der Waals surface area contributed by atoms with Gasteiger partial charge in [-0.15, -0.1) is 11.6 Å². The lowest BCUT2D eigenvalue weighted by molar-refractivity contribution is -0.114. The third-order valence-corrected chi connectivity index (χ3v) is 11.9. The number of carbonyl (C=O) groups excluding carboxylic acids is 1. The van der Waals surface area contributed by atoms with Crippen molar-refractivity contribution in [3.05, 3.63) is 83.0 Å². The van der Waals surface area contributed by atoms with Gasteiger partial charge in [-0.25, -0.2) is 0 Å². The van der Waals surface area contributed by atoms with Crippen LogP contribution in [0.2, 0.25) is 5.04 Å². The third-order valence-electron chi connectivity index (χ3n) is 6.57. The molecule has 35 heavy (non-hydrogen) atoms. The van der Waals surface area contributed by atoms with E-state index in [2.05, 4.69) is 43.0 Å². The van der Waals surface area contributed by atoms with Gasteiger partial charge in [0, 0.05) is 11.8 Å². The zero-order chi connectivity index (χ0) is 25.9. The second kappa shape index (κ2) is 14.5. The number of aliphatic hydroxyl groups excluding tert-OH is 1. The van der Waals surface area contributed by atoms with Crippen molar-refractivity contribution < 1.29 is 14.7 Å². The lowest BCUT2D eigenvalue weighted by Crippen LogP contribution is -2.65. The van der Waals surface area contributed by atoms with E-state index in [1.54, 1.807) is 6.08 Å². The largest absolute Gasteiger partial charge is 0.424 e. The monoisotopic (exact) mass is 624 g/mol. The predicted molar refractivity (Wildman–Crippen MR) is 159 cm³/mol. The summed E-state index contributed by atoms with van der Waals surface area (Å²) < 4.78 is 0.984. The number of aliphatic hydroxyl groups is 1. The van der Waals surface area contributed by atoms with Gasteiger partial charge in [-0.3, -0.25) is 4.79 Å². The van der Waals surface area contributed by atoms with Crippen LogP contribution >= 0.6 is 34.2 Å². The van der Waals surface area contributed by atoms with Crippen molar-refractivity contribution in [1.29, 1.82) is 0 Å². The van der Waals surface area contributed by atoms with Gasteiger partial charge in [0.15, 0.2) is 5.78 Å². The fraction of sp³-hybridized carbons (Fsp3) is 0.414. The summed E-state index contributed by atoms with van der Waals surface area (Å²) in [6.45, 7) is 8.15. The van der Waals surface area contributed by atoms with E-state index in [4.69, 9.17) is 11.6 Å². The van der Waals surface area contributed by atoms with E-state index in [9.17, 15) is 14.7 Å². The molecule has 0 aliphatic carbocycles. The van der Waals surface area contributed by atoms with Gasteiger partial charge in [0.1, 0.15) is 0 Å². The quantitative estimate of drug-likeness (QED) is 0.0805. The van der Waals surface area contributed by atoms with Crippen molar-refractivity contribution in [2.24, 2.45) is 0 Å². The molecule has 2 atom stereocenters. The van der Waals surface area contributed by atoms with Gasteiger partial charge in [-0.2, -0.15) is 0 Å². The van der Waals surface area contributed by atoms with Crippen LogP contribution in [0.25, 0.3) is 0 Å². The Bertz CT molecular complexity index is 923. The lowest BCUT2D eigenvalue weighted by Gasteiger charge is -2.41. The number of unbranched alkanes of at least 4 members (excludes halogenated alkanes) is 1. The second-order valence-electron chi connectivity index (χ2n) is 9.82. The molecule has 0 fully saturated rings. The number of benzene rings is 2. The topological polar surface area (TPSA) is 57.5 Å². The van der Waals surface area contributed by atoms with E-state index in [1.807, 2.05) is 60.7 Å². The summed E-state index contributed by atoms with van der Waals surface area (Å²) in [5.74, 6) is -0.0170. The number of rotatable bonds is 15. The molecule has 6 heteroatoms. The van der Waals surface area contributed by atoms with Crippen LogP contribution < -0.4 is 10.4 Å². The Hall–Kier alpha value is -1.25. The third kappa shape index (κ3) is 9.28. The van der Waals surface area contributed by atoms with Gasteiger partial charge < -0.3 is 9.90 Å². The summed E-state index contributed by atoms with van der Waals surface area (Å²) in [6.07, 6.45) is 7.23. The molecule has 2 N–H and O–H groups in total. The van der Waals surface area contributed by atoms with Crippen molar-refractivity contribution in [2.75, 3.05) is 0 Å². The highest BCUT2D eigenvalue weighted by Gasteiger charge is 2.49. The van der Waals surface area contributed by atoms with Crippen molar-refractivity contribution in [2.45, 2.75) is 75.3 Å². The van der Waals surface area contributed by atoms with Gasteiger partial charge in [-0.1, -0.05) is 100 Å². The van der Waals surface area contributed by atoms with Gasteiger partial charge in [0.05, 0.1) is 6.10 Å². The van der Waals surface area contributed by atoms with Crippen LogP contribution in [0.15, 0.2) is 83.0 Å². The van der Waals surface area contributed by atoms with Crippen LogP contribution in [-0.4, -0.2) is 35.5 Å². The Morgan fingerprint density at radius 3 is 2.11 bits per heavy atom. The average molecular weight is 625 g/mol. The van der Waals surface area contributed by atoms with Gasteiger partial charge in [0.25, 0.3) is 8.32 Å². The van der Waals surface area contributed by atoms with Crippen molar-refractivity contribution >= 4 is 58.7 Å². The second-order valence-corrected chi connectivity index (χ2v) is 15.9. The summed E-state index contributed by atoms with van der Waals surface area (Å²) in [6, 6.07) is 20.1. The summed E-state index contributed by atoms with van der Waals surface area (Å²) >= 11 is 8.36. The zero-order valence-electron chi connectivity index (χ0n) is 20.8. The fourth-order valence-electron chi connectivity index (χ4n) is 4.45. The molecule has 0 radical (unpaired) electrons. The molecule has 2 aromatic rings. The Kier molecular flexibility index (Phi) is 12.4. The van der Waals surface area contributed by atoms with Crippen LogP contribution in [0.3, 0.4) is 0 Å². The summed E-state index contributed by atoms with van der Waals surface area (Å²) in [4.78, 5) is 24.3. The highest BCUT2D eigenvalue weighted by molar-refractivity contribution is 14.1. The molecule has 0 spiro atoms. The van der Waals surface area contributed by atoms with Crippen molar-refractivity contribution in [3.8, 4) is 0 Å². The fourth-order valence-corrected chi connectivity index (χ4v) is 9.32. The van der Waals surface area contributed by atoms with E-state index in [0.29, 0.717) is 25.7 Å². The van der Waals surface area contributed by atoms with Gasteiger partial charge >= 0.3 is 0 Å². The minimum absolute atomic E-state index is 0.0170. The number of carbonyl (C=O) groups is 1. The number of hydrogen-bond acceptors (Lipinski definition) is 3. The normalized spacial score (nSPS) is 14.1. The highest BCUT2D eigenvalue weighted by atomic mass is 127. The smallest absolute Gasteiger partial charge is 0.258 e. The molecule has 0 aliphatic heterocycles. The summed E-state index contributed by atoms with van der Waals surface area (Å²) in [5, 5.41) is 12.0. The molecule has 0 heterocycles. The van der Waals surface area contributed by atoms with Gasteiger partial charge in [-0.05, 0) is 73.3 Å². The molecular formula is C29H38ClIO3Si. The molecule has 0 bridgehead atoms. The molecule has 0 saturated heterocycles. The Morgan fingerprint density at radius 1 is 1.06 bits per heavy atom. The van der Waals surface area contributed by atoms with Crippen LogP contribution in [-0.2, 0) is 4.79 Å². The minimum atomic E-state index is -3.00. The number of allylic oxidation sites excluding steroid dienone is 2. The molecule has 0 aromatic heterocycles. The Morgan fingerprint density at radius 2 is 1.60 bits per heavy atom. The molecule has 2 aromatic carbocycles. The number of alkyl halides is 1. The number of halogens is 2. The van der Waals surface area contributed by atoms with Crippen molar-refractivity contribution in [1.82, 2.24) is 0 Å².